The summed E-state index contributed by atoms with van der Waals surface area (Å²) in [5.74, 6) is 7.16. The maximum atomic E-state index is 5.40. The van der Waals surface area contributed by atoms with E-state index in [1.165, 1.54) is 0 Å². The number of methoxy groups -OCH3 is 1. The Bertz CT molecular complexity index is 363. The lowest BCUT2D eigenvalue weighted by Gasteiger charge is -2.06. The van der Waals surface area contributed by atoms with Crippen LogP contribution in [0, 0.1) is 11.8 Å². The van der Waals surface area contributed by atoms with Crippen molar-refractivity contribution in [3.8, 4) is 23.3 Å². The van der Waals surface area contributed by atoms with E-state index in [1.807, 2.05) is 18.2 Å². The Balaban J connectivity index is 2.71. The van der Waals surface area contributed by atoms with Crippen molar-refractivity contribution in [2.24, 2.45) is 0 Å². The first-order chi connectivity index (χ1) is 6.77. The fourth-order valence-electron chi connectivity index (χ4n) is 0.912. The van der Waals surface area contributed by atoms with Crippen molar-refractivity contribution in [3.63, 3.8) is 0 Å². The van der Waals surface area contributed by atoms with Gasteiger partial charge in [-0.25, -0.2) is 0 Å². The molecule has 2 nitrogen and oxygen atoms in total. The monoisotopic (exact) mass is 254 g/mol. The second kappa shape index (κ2) is 5.56. The number of hydrogen-bond donors (Lipinski definition) is 0. The van der Waals surface area contributed by atoms with Crippen molar-refractivity contribution >= 4 is 15.9 Å². The molecule has 0 radical (unpaired) electrons. The average Bonchev–Trinajstić information content (AvgIpc) is 2.20. The Labute approximate surface area is 92.3 Å². The lowest BCUT2D eigenvalue weighted by atomic mass is 10.3. The van der Waals surface area contributed by atoms with Crippen LogP contribution in [0.5, 0.6) is 11.5 Å². The molecule has 0 spiro atoms. The van der Waals surface area contributed by atoms with Gasteiger partial charge in [-0.3, -0.25) is 0 Å². The molecule has 0 aromatic heterocycles. The molecule has 0 saturated heterocycles. The Morgan fingerprint density at radius 1 is 1.43 bits per heavy atom. The third-order valence-corrected chi connectivity index (χ3v) is 2.24. The zero-order chi connectivity index (χ0) is 10.4. The maximum Gasteiger partial charge on any atom is 0.149 e. The van der Waals surface area contributed by atoms with Crippen LogP contribution in [-0.2, 0) is 0 Å². The lowest BCUT2D eigenvalue weighted by molar-refractivity contribution is 0.365. The molecule has 0 bridgehead atoms. The molecule has 0 atom stereocenters. The lowest BCUT2D eigenvalue weighted by Crippen LogP contribution is -1.94. The van der Waals surface area contributed by atoms with Gasteiger partial charge in [-0.05, 0) is 41.1 Å². The highest BCUT2D eigenvalue weighted by Gasteiger charge is 2.01. The van der Waals surface area contributed by atoms with Crippen LogP contribution in [0.15, 0.2) is 22.7 Å². The fraction of sp³-hybridized carbons (Fsp3) is 0.273. The summed E-state index contributed by atoms with van der Waals surface area (Å²) in [5, 5.41) is 0. The van der Waals surface area contributed by atoms with Crippen LogP contribution in [0.2, 0.25) is 0 Å². The van der Waals surface area contributed by atoms with Gasteiger partial charge >= 0.3 is 0 Å². The molecule has 0 amide bonds. The molecule has 0 saturated carbocycles. The highest BCUT2D eigenvalue weighted by atomic mass is 79.9. The summed E-state index contributed by atoms with van der Waals surface area (Å²) >= 11 is 3.39. The van der Waals surface area contributed by atoms with Gasteiger partial charge in [0, 0.05) is 0 Å². The number of halogens is 1. The van der Waals surface area contributed by atoms with Crippen LogP contribution >= 0.6 is 15.9 Å². The second-order valence-electron chi connectivity index (χ2n) is 2.51. The molecule has 1 rings (SSSR count). The predicted octanol–water partition coefficient (Wildman–Crippen LogP) is 2.86. The Kier molecular flexibility index (Phi) is 4.34. The zero-order valence-corrected chi connectivity index (χ0v) is 9.72. The van der Waals surface area contributed by atoms with Crippen molar-refractivity contribution in [3.05, 3.63) is 22.7 Å². The third-order valence-electron chi connectivity index (χ3n) is 1.62. The van der Waals surface area contributed by atoms with Gasteiger partial charge in [-0.2, -0.15) is 0 Å². The molecule has 14 heavy (non-hydrogen) atoms. The minimum absolute atomic E-state index is 0.404. The molecule has 1 aromatic carbocycles. The van der Waals surface area contributed by atoms with Crippen LogP contribution in [0.4, 0.5) is 0 Å². The van der Waals surface area contributed by atoms with Gasteiger partial charge in [-0.1, -0.05) is 5.92 Å². The molecule has 0 heterocycles. The van der Waals surface area contributed by atoms with Crippen LogP contribution in [-0.4, -0.2) is 13.7 Å². The first-order valence-electron chi connectivity index (χ1n) is 4.14. The van der Waals surface area contributed by atoms with E-state index in [4.69, 9.17) is 9.47 Å². The molecule has 0 aliphatic rings. The molecule has 0 fully saturated rings. The van der Waals surface area contributed by atoms with Crippen molar-refractivity contribution in [2.45, 2.75) is 6.92 Å². The molecular formula is C11H11BrO2. The van der Waals surface area contributed by atoms with E-state index in [1.54, 1.807) is 14.0 Å². The summed E-state index contributed by atoms with van der Waals surface area (Å²) in [6.45, 7) is 2.19. The Hall–Kier alpha value is -1.14. The fourth-order valence-corrected chi connectivity index (χ4v) is 1.38. The van der Waals surface area contributed by atoms with Crippen LogP contribution < -0.4 is 9.47 Å². The first kappa shape index (κ1) is 10.9. The summed E-state index contributed by atoms with van der Waals surface area (Å²) in [7, 11) is 1.63. The Morgan fingerprint density at radius 3 is 2.79 bits per heavy atom. The van der Waals surface area contributed by atoms with Gasteiger partial charge in [-0.15, -0.1) is 5.92 Å². The molecule has 74 valence electrons. The van der Waals surface area contributed by atoms with E-state index in [0.717, 1.165) is 16.0 Å². The van der Waals surface area contributed by atoms with Crippen molar-refractivity contribution < 1.29 is 9.47 Å². The smallest absolute Gasteiger partial charge is 0.149 e. The van der Waals surface area contributed by atoms with Gasteiger partial charge in [0.1, 0.15) is 18.1 Å². The van der Waals surface area contributed by atoms with Crippen molar-refractivity contribution in [1.29, 1.82) is 0 Å². The first-order valence-corrected chi connectivity index (χ1v) is 4.93. The second-order valence-corrected chi connectivity index (χ2v) is 3.37. The van der Waals surface area contributed by atoms with Crippen molar-refractivity contribution in [2.75, 3.05) is 13.7 Å². The predicted molar refractivity (Wildman–Crippen MR) is 59.6 cm³/mol. The van der Waals surface area contributed by atoms with Crippen LogP contribution in [0.1, 0.15) is 6.92 Å². The molecule has 0 aliphatic heterocycles. The van der Waals surface area contributed by atoms with Gasteiger partial charge in [0.2, 0.25) is 0 Å². The summed E-state index contributed by atoms with van der Waals surface area (Å²) in [6.07, 6.45) is 0. The van der Waals surface area contributed by atoms with E-state index in [-0.39, 0.29) is 0 Å². The molecule has 3 heteroatoms. The van der Waals surface area contributed by atoms with Gasteiger partial charge < -0.3 is 9.47 Å². The van der Waals surface area contributed by atoms with Crippen molar-refractivity contribution in [1.82, 2.24) is 0 Å². The Morgan fingerprint density at radius 2 is 2.21 bits per heavy atom. The third kappa shape index (κ3) is 2.97. The summed E-state index contributed by atoms with van der Waals surface area (Å²) in [4.78, 5) is 0. The normalized spacial score (nSPS) is 8.79. The highest BCUT2D eigenvalue weighted by molar-refractivity contribution is 9.10. The molecule has 0 unspecified atom stereocenters. The van der Waals surface area contributed by atoms with E-state index < -0.39 is 0 Å². The van der Waals surface area contributed by atoms with Crippen LogP contribution in [0.3, 0.4) is 0 Å². The van der Waals surface area contributed by atoms with E-state index in [0.29, 0.717) is 6.61 Å². The molecule has 0 aliphatic carbocycles. The molecular weight excluding hydrogens is 244 g/mol. The van der Waals surface area contributed by atoms with Gasteiger partial charge in [0.05, 0.1) is 11.6 Å². The molecule has 1 aromatic rings. The zero-order valence-electron chi connectivity index (χ0n) is 8.13. The summed E-state index contributed by atoms with van der Waals surface area (Å²) < 4.78 is 11.3. The minimum Gasteiger partial charge on any atom is -0.497 e. The SMILES string of the molecule is CC#CCOc1ccc(OC)cc1Br. The standard InChI is InChI=1S/C11H11BrO2/c1-3-4-7-14-11-6-5-9(13-2)8-10(11)12/h5-6,8H,7H2,1-2H3. The van der Waals surface area contributed by atoms with Gasteiger partial charge in [0.25, 0.3) is 0 Å². The molecule has 0 N–H and O–H groups in total. The van der Waals surface area contributed by atoms with Crippen LogP contribution in [0.25, 0.3) is 0 Å². The number of ether oxygens (including phenoxy) is 2. The quantitative estimate of drug-likeness (QED) is 0.773. The number of rotatable bonds is 3. The average molecular weight is 255 g/mol. The maximum absolute atomic E-state index is 5.40. The van der Waals surface area contributed by atoms with E-state index in [9.17, 15) is 0 Å². The number of benzene rings is 1. The van der Waals surface area contributed by atoms with E-state index >= 15 is 0 Å². The summed E-state index contributed by atoms with van der Waals surface area (Å²) in [6, 6.07) is 5.55. The van der Waals surface area contributed by atoms with Gasteiger partial charge in [0.15, 0.2) is 0 Å². The topological polar surface area (TPSA) is 18.5 Å². The highest BCUT2D eigenvalue weighted by Crippen LogP contribution is 2.28. The van der Waals surface area contributed by atoms with E-state index in [2.05, 4.69) is 27.8 Å². The number of hydrogen-bond acceptors (Lipinski definition) is 2. The largest absolute Gasteiger partial charge is 0.497 e. The minimum atomic E-state index is 0.404. The summed E-state index contributed by atoms with van der Waals surface area (Å²) in [5.41, 5.74) is 0.